The van der Waals surface area contributed by atoms with E-state index in [0.29, 0.717) is 17.4 Å². The first-order chi connectivity index (χ1) is 7.22. The fourth-order valence-electron chi connectivity index (χ4n) is 1.46. The lowest BCUT2D eigenvalue weighted by Crippen LogP contribution is -1.85. The topological polar surface area (TPSA) is 30.2 Å². The van der Waals surface area contributed by atoms with Gasteiger partial charge in [0.15, 0.2) is 12.0 Å². The average molecular weight is 204 g/mol. The molecule has 0 saturated carbocycles. The molecule has 0 spiro atoms. The summed E-state index contributed by atoms with van der Waals surface area (Å²) in [4.78, 5) is 10.6. The molecular weight excluding hydrogens is 195 g/mol. The van der Waals surface area contributed by atoms with Crippen molar-refractivity contribution in [3.05, 3.63) is 47.7 Å². The predicted octanol–water partition coefficient (Wildman–Crippen LogP) is 3.21. The van der Waals surface area contributed by atoms with E-state index in [9.17, 15) is 9.18 Å². The van der Waals surface area contributed by atoms with Crippen molar-refractivity contribution < 1.29 is 13.6 Å². The first kappa shape index (κ1) is 9.65. The largest absolute Gasteiger partial charge is 0.461 e. The number of aryl methyl sites for hydroxylation is 1. The van der Waals surface area contributed by atoms with Crippen molar-refractivity contribution in [1.29, 1.82) is 0 Å². The fraction of sp³-hybridized carbons (Fsp3) is 0.0833. The van der Waals surface area contributed by atoms with E-state index in [2.05, 4.69) is 0 Å². The first-order valence-corrected chi connectivity index (χ1v) is 4.51. The van der Waals surface area contributed by atoms with Gasteiger partial charge in [-0.05, 0) is 36.2 Å². The first-order valence-electron chi connectivity index (χ1n) is 4.51. The van der Waals surface area contributed by atoms with Crippen molar-refractivity contribution in [2.45, 2.75) is 6.92 Å². The number of halogens is 1. The highest BCUT2D eigenvalue weighted by Gasteiger charge is 2.08. The van der Waals surface area contributed by atoms with E-state index in [-0.39, 0.29) is 11.6 Å². The molecule has 0 aliphatic carbocycles. The molecule has 0 aliphatic rings. The van der Waals surface area contributed by atoms with E-state index < -0.39 is 0 Å². The molecule has 76 valence electrons. The summed E-state index contributed by atoms with van der Waals surface area (Å²) in [5, 5.41) is 0. The molecule has 0 amide bonds. The van der Waals surface area contributed by atoms with E-state index in [1.165, 1.54) is 12.3 Å². The van der Waals surface area contributed by atoms with Gasteiger partial charge in [-0.1, -0.05) is 6.07 Å². The van der Waals surface area contributed by atoms with E-state index in [4.69, 9.17) is 4.42 Å². The number of carbonyl (C=O) groups excluding carboxylic acids is 1. The van der Waals surface area contributed by atoms with Crippen LogP contribution in [0.15, 0.2) is 34.9 Å². The number of rotatable bonds is 2. The zero-order valence-electron chi connectivity index (χ0n) is 8.16. The van der Waals surface area contributed by atoms with Crippen molar-refractivity contribution in [2.75, 3.05) is 0 Å². The standard InChI is InChI=1S/C12H9FO2/c1-8-6-9(2-3-11(8)13)10-4-5-15-12(10)7-14/h2-7H,1H3. The Labute approximate surface area is 86.3 Å². The zero-order valence-corrected chi connectivity index (χ0v) is 8.16. The average Bonchev–Trinajstić information content (AvgIpc) is 2.70. The summed E-state index contributed by atoms with van der Waals surface area (Å²) in [6.45, 7) is 1.68. The van der Waals surface area contributed by atoms with Gasteiger partial charge >= 0.3 is 0 Å². The van der Waals surface area contributed by atoms with Crippen LogP contribution in [0.4, 0.5) is 4.39 Å². The summed E-state index contributed by atoms with van der Waals surface area (Å²) in [6.07, 6.45) is 2.09. The molecule has 0 atom stereocenters. The van der Waals surface area contributed by atoms with Crippen molar-refractivity contribution in [3.8, 4) is 11.1 Å². The van der Waals surface area contributed by atoms with Crippen molar-refractivity contribution in [3.63, 3.8) is 0 Å². The molecule has 0 radical (unpaired) electrons. The SMILES string of the molecule is Cc1cc(-c2ccoc2C=O)ccc1F. The Bertz CT molecular complexity index is 500. The minimum Gasteiger partial charge on any atom is -0.461 e. The molecule has 0 bridgehead atoms. The molecule has 0 unspecified atom stereocenters. The third-order valence-electron chi connectivity index (χ3n) is 2.27. The maximum absolute atomic E-state index is 13.0. The second-order valence-corrected chi connectivity index (χ2v) is 3.28. The van der Waals surface area contributed by atoms with E-state index in [1.807, 2.05) is 0 Å². The summed E-state index contributed by atoms with van der Waals surface area (Å²) in [7, 11) is 0. The van der Waals surface area contributed by atoms with Crippen LogP contribution in [0.5, 0.6) is 0 Å². The van der Waals surface area contributed by atoms with Gasteiger partial charge in [-0.25, -0.2) is 4.39 Å². The number of hydrogen-bond donors (Lipinski definition) is 0. The molecular formula is C12H9FO2. The number of benzene rings is 1. The highest BCUT2D eigenvalue weighted by molar-refractivity contribution is 5.84. The minimum absolute atomic E-state index is 0.255. The van der Waals surface area contributed by atoms with Gasteiger partial charge in [0.2, 0.25) is 0 Å². The van der Waals surface area contributed by atoms with Crippen LogP contribution in [0.25, 0.3) is 11.1 Å². The highest BCUT2D eigenvalue weighted by Crippen LogP contribution is 2.25. The van der Waals surface area contributed by atoms with Crippen LogP contribution in [-0.4, -0.2) is 6.29 Å². The number of aldehydes is 1. The van der Waals surface area contributed by atoms with Crippen molar-refractivity contribution >= 4 is 6.29 Å². The molecule has 2 aromatic rings. The van der Waals surface area contributed by atoms with Gasteiger partial charge in [-0.15, -0.1) is 0 Å². The molecule has 2 rings (SSSR count). The fourth-order valence-corrected chi connectivity index (χ4v) is 1.46. The summed E-state index contributed by atoms with van der Waals surface area (Å²) in [6, 6.07) is 6.38. The van der Waals surface area contributed by atoms with Gasteiger partial charge < -0.3 is 4.42 Å². The Morgan fingerprint density at radius 2 is 2.13 bits per heavy atom. The second kappa shape index (κ2) is 3.69. The number of carbonyl (C=O) groups is 1. The van der Waals surface area contributed by atoms with E-state index >= 15 is 0 Å². The third-order valence-corrected chi connectivity index (χ3v) is 2.27. The Hall–Kier alpha value is -1.90. The molecule has 0 aliphatic heterocycles. The lowest BCUT2D eigenvalue weighted by atomic mass is 10.0. The Morgan fingerprint density at radius 1 is 1.33 bits per heavy atom. The van der Waals surface area contributed by atoms with Crippen LogP contribution >= 0.6 is 0 Å². The van der Waals surface area contributed by atoms with Crippen LogP contribution in [-0.2, 0) is 0 Å². The quantitative estimate of drug-likeness (QED) is 0.703. The zero-order chi connectivity index (χ0) is 10.8. The minimum atomic E-state index is -0.255. The summed E-state index contributed by atoms with van der Waals surface area (Å²) < 4.78 is 18.0. The number of furan rings is 1. The van der Waals surface area contributed by atoms with Gasteiger partial charge in [0, 0.05) is 5.56 Å². The molecule has 0 N–H and O–H groups in total. The second-order valence-electron chi connectivity index (χ2n) is 3.28. The van der Waals surface area contributed by atoms with Crippen molar-refractivity contribution in [2.24, 2.45) is 0 Å². The lowest BCUT2D eigenvalue weighted by molar-refractivity contribution is 0.110. The monoisotopic (exact) mass is 204 g/mol. The van der Waals surface area contributed by atoms with Crippen molar-refractivity contribution in [1.82, 2.24) is 0 Å². The molecule has 15 heavy (non-hydrogen) atoms. The van der Waals surface area contributed by atoms with Gasteiger partial charge in [0.25, 0.3) is 0 Å². The Morgan fingerprint density at radius 3 is 2.80 bits per heavy atom. The number of hydrogen-bond acceptors (Lipinski definition) is 2. The van der Waals surface area contributed by atoms with Crippen LogP contribution < -0.4 is 0 Å². The smallest absolute Gasteiger partial charge is 0.185 e. The summed E-state index contributed by atoms with van der Waals surface area (Å²) in [5.74, 6) is 0.0101. The van der Waals surface area contributed by atoms with E-state index in [0.717, 1.165) is 5.56 Å². The van der Waals surface area contributed by atoms with Gasteiger partial charge in [-0.3, -0.25) is 4.79 Å². The summed E-state index contributed by atoms with van der Waals surface area (Å²) >= 11 is 0. The molecule has 1 aromatic carbocycles. The van der Waals surface area contributed by atoms with Crippen LogP contribution in [0.3, 0.4) is 0 Å². The normalized spacial score (nSPS) is 10.3. The predicted molar refractivity (Wildman–Crippen MR) is 54.2 cm³/mol. The molecule has 0 saturated heterocycles. The van der Waals surface area contributed by atoms with Crippen LogP contribution in [0.2, 0.25) is 0 Å². The third kappa shape index (κ3) is 1.68. The molecule has 1 heterocycles. The maximum atomic E-state index is 13.0. The van der Waals surface area contributed by atoms with Crippen LogP contribution in [0.1, 0.15) is 16.1 Å². The lowest BCUT2D eigenvalue weighted by Gasteiger charge is -2.01. The molecule has 3 heteroatoms. The van der Waals surface area contributed by atoms with Gasteiger partial charge in [-0.2, -0.15) is 0 Å². The Balaban J connectivity index is 2.54. The van der Waals surface area contributed by atoms with Crippen LogP contribution in [0, 0.1) is 12.7 Å². The van der Waals surface area contributed by atoms with Gasteiger partial charge in [0.1, 0.15) is 5.82 Å². The highest BCUT2D eigenvalue weighted by atomic mass is 19.1. The molecule has 2 nitrogen and oxygen atoms in total. The summed E-state index contributed by atoms with van der Waals surface area (Å²) in [5.41, 5.74) is 2.02. The molecule has 1 aromatic heterocycles. The maximum Gasteiger partial charge on any atom is 0.185 e. The van der Waals surface area contributed by atoms with E-state index in [1.54, 1.807) is 25.1 Å². The van der Waals surface area contributed by atoms with Gasteiger partial charge in [0.05, 0.1) is 6.26 Å². The molecule has 0 fully saturated rings. The Kier molecular flexibility index (Phi) is 2.37.